The van der Waals surface area contributed by atoms with Gasteiger partial charge in [-0.05, 0) is 23.8 Å². The standard InChI is InChI=1S/C21H12ClF3N2O3S/c22-17-9-5-4-8-16(17)14-10-15-12-26-20(13-6-2-1-3-7-13)27-19(15)18(11-14)30-31(28,29)21(23,24)25/h1-12H. The molecule has 158 valence electrons. The van der Waals surface area contributed by atoms with E-state index in [2.05, 4.69) is 14.2 Å². The van der Waals surface area contributed by atoms with Gasteiger partial charge in [-0.2, -0.15) is 21.6 Å². The second-order valence-electron chi connectivity index (χ2n) is 6.43. The first kappa shape index (κ1) is 21.1. The molecule has 4 rings (SSSR count). The summed E-state index contributed by atoms with van der Waals surface area (Å²) >= 11 is 6.20. The number of halogens is 4. The molecule has 0 saturated heterocycles. The summed E-state index contributed by atoms with van der Waals surface area (Å²) in [7, 11) is -5.92. The number of rotatable bonds is 4. The molecular formula is C21H12ClF3N2O3S. The largest absolute Gasteiger partial charge is 0.534 e. The summed E-state index contributed by atoms with van der Waals surface area (Å²) in [6, 6.07) is 18.1. The van der Waals surface area contributed by atoms with Crippen LogP contribution in [0.5, 0.6) is 5.75 Å². The van der Waals surface area contributed by atoms with Gasteiger partial charge in [-0.1, -0.05) is 60.1 Å². The lowest BCUT2D eigenvalue weighted by atomic mass is 10.0. The van der Waals surface area contributed by atoms with Crippen molar-refractivity contribution in [1.82, 2.24) is 9.97 Å². The van der Waals surface area contributed by atoms with Crippen molar-refractivity contribution in [1.29, 1.82) is 0 Å². The highest BCUT2D eigenvalue weighted by Gasteiger charge is 2.48. The maximum Gasteiger partial charge on any atom is 0.534 e. The molecule has 0 bridgehead atoms. The Hall–Kier alpha value is -3.17. The van der Waals surface area contributed by atoms with Crippen molar-refractivity contribution in [2.45, 2.75) is 5.51 Å². The van der Waals surface area contributed by atoms with Crippen LogP contribution in [0.15, 0.2) is 72.9 Å². The molecule has 3 aromatic carbocycles. The first-order valence-corrected chi connectivity index (χ1v) is 10.6. The summed E-state index contributed by atoms with van der Waals surface area (Å²) in [4.78, 5) is 8.52. The molecule has 0 amide bonds. The van der Waals surface area contributed by atoms with Crippen molar-refractivity contribution in [3.05, 3.63) is 77.9 Å². The molecule has 0 aliphatic rings. The second-order valence-corrected chi connectivity index (χ2v) is 8.38. The highest BCUT2D eigenvalue weighted by atomic mass is 35.5. The quantitative estimate of drug-likeness (QED) is 0.280. The van der Waals surface area contributed by atoms with Gasteiger partial charge in [-0.25, -0.2) is 9.97 Å². The molecule has 0 radical (unpaired) electrons. The molecule has 0 aliphatic heterocycles. The predicted molar refractivity (Wildman–Crippen MR) is 111 cm³/mol. The number of alkyl halides is 3. The monoisotopic (exact) mass is 464 g/mol. The van der Waals surface area contributed by atoms with Crippen LogP contribution in [-0.2, 0) is 10.1 Å². The molecule has 0 spiro atoms. The Labute approximate surface area is 180 Å². The van der Waals surface area contributed by atoms with E-state index in [1.165, 1.54) is 6.20 Å². The molecule has 1 aromatic heterocycles. The fourth-order valence-corrected chi connectivity index (χ4v) is 3.62. The van der Waals surface area contributed by atoms with Gasteiger partial charge in [0.05, 0.1) is 0 Å². The number of benzene rings is 3. The van der Waals surface area contributed by atoms with Crippen LogP contribution in [0.25, 0.3) is 33.4 Å². The molecule has 1 heterocycles. The molecule has 0 atom stereocenters. The first-order valence-electron chi connectivity index (χ1n) is 8.77. The van der Waals surface area contributed by atoms with Crippen LogP contribution in [0.3, 0.4) is 0 Å². The Morgan fingerprint density at radius 2 is 1.58 bits per heavy atom. The lowest BCUT2D eigenvalue weighted by molar-refractivity contribution is -0.0499. The summed E-state index contributed by atoms with van der Waals surface area (Å²) in [5.41, 5.74) is -4.26. The Balaban J connectivity index is 1.96. The third-order valence-electron chi connectivity index (χ3n) is 4.35. The minimum absolute atomic E-state index is 0.0857. The second kappa shape index (κ2) is 7.82. The lowest BCUT2D eigenvalue weighted by Gasteiger charge is -2.14. The van der Waals surface area contributed by atoms with E-state index in [1.54, 1.807) is 60.7 Å². The van der Waals surface area contributed by atoms with E-state index in [9.17, 15) is 21.6 Å². The van der Waals surface area contributed by atoms with Crippen molar-refractivity contribution >= 4 is 32.6 Å². The van der Waals surface area contributed by atoms with Gasteiger partial charge >= 0.3 is 15.6 Å². The smallest absolute Gasteiger partial charge is 0.374 e. The van der Waals surface area contributed by atoms with Crippen molar-refractivity contribution in [2.75, 3.05) is 0 Å². The normalized spacial score (nSPS) is 12.1. The summed E-state index contributed by atoms with van der Waals surface area (Å²) in [5, 5.41) is 0.609. The highest BCUT2D eigenvalue weighted by Crippen LogP contribution is 2.37. The number of aromatic nitrogens is 2. The van der Waals surface area contributed by atoms with Crippen LogP contribution in [-0.4, -0.2) is 23.9 Å². The molecule has 0 N–H and O–H groups in total. The zero-order valence-electron chi connectivity index (χ0n) is 15.5. The van der Waals surface area contributed by atoms with E-state index in [0.717, 1.165) is 6.07 Å². The van der Waals surface area contributed by atoms with Crippen molar-refractivity contribution < 1.29 is 25.8 Å². The van der Waals surface area contributed by atoms with E-state index in [1.807, 2.05) is 0 Å². The molecule has 31 heavy (non-hydrogen) atoms. The summed E-state index contributed by atoms with van der Waals surface area (Å²) in [6.07, 6.45) is 1.39. The van der Waals surface area contributed by atoms with E-state index < -0.39 is 21.4 Å². The van der Waals surface area contributed by atoms with Crippen LogP contribution >= 0.6 is 11.6 Å². The number of nitrogens with zero attached hydrogens (tertiary/aromatic N) is 2. The topological polar surface area (TPSA) is 69.2 Å². The Kier molecular flexibility index (Phi) is 5.32. The van der Waals surface area contributed by atoms with Gasteiger partial charge in [0.1, 0.15) is 5.52 Å². The van der Waals surface area contributed by atoms with Gasteiger partial charge in [0.15, 0.2) is 11.6 Å². The lowest BCUT2D eigenvalue weighted by Crippen LogP contribution is -2.28. The summed E-state index contributed by atoms with van der Waals surface area (Å²) < 4.78 is 66.9. The number of fused-ring (bicyclic) bond motifs is 1. The zero-order valence-corrected chi connectivity index (χ0v) is 17.0. The first-order chi connectivity index (χ1) is 14.7. The minimum atomic E-state index is -5.92. The molecule has 5 nitrogen and oxygen atoms in total. The van der Waals surface area contributed by atoms with Crippen molar-refractivity contribution in [3.8, 4) is 28.3 Å². The third kappa shape index (κ3) is 4.19. The van der Waals surface area contributed by atoms with E-state index in [0.29, 0.717) is 21.7 Å². The van der Waals surface area contributed by atoms with Gasteiger partial charge in [-0.3, -0.25) is 0 Å². The number of hydrogen-bond acceptors (Lipinski definition) is 5. The molecule has 0 saturated carbocycles. The average molecular weight is 465 g/mol. The Morgan fingerprint density at radius 3 is 2.26 bits per heavy atom. The van der Waals surface area contributed by atoms with Crippen LogP contribution in [0.1, 0.15) is 0 Å². The fourth-order valence-electron chi connectivity index (χ4n) is 2.92. The molecule has 0 unspecified atom stereocenters. The van der Waals surface area contributed by atoms with Crippen LogP contribution in [0.2, 0.25) is 5.02 Å². The molecule has 0 aliphatic carbocycles. The van der Waals surface area contributed by atoms with Gasteiger partial charge < -0.3 is 4.18 Å². The SMILES string of the molecule is O=S(=O)(Oc1cc(-c2ccccc2Cl)cc2cnc(-c3ccccc3)nc12)C(F)(F)F. The molecular weight excluding hydrogens is 453 g/mol. The number of hydrogen-bond donors (Lipinski definition) is 0. The minimum Gasteiger partial charge on any atom is -0.374 e. The van der Waals surface area contributed by atoms with Crippen LogP contribution in [0, 0.1) is 0 Å². The van der Waals surface area contributed by atoms with Gasteiger partial charge in [-0.15, -0.1) is 0 Å². The molecule has 4 aromatic rings. The summed E-state index contributed by atoms with van der Waals surface area (Å²) in [6.45, 7) is 0. The molecule has 0 fully saturated rings. The van der Waals surface area contributed by atoms with Gasteiger partial charge in [0.25, 0.3) is 0 Å². The average Bonchev–Trinajstić information content (AvgIpc) is 2.73. The van der Waals surface area contributed by atoms with Crippen LogP contribution in [0.4, 0.5) is 13.2 Å². The Bertz CT molecular complexity index is 1380. The van der Waals surface area contributed by atoms with E-state index in [-0.39, 0.29) is 16.7 Å². The molecule has 10 heteroatoms. The van der Waals surface area contributed by atoms with Crippen molar-refractivity contribution in [3.63, 3.8) is 0 Å². The maximum atomic E-state index is 13.0. The van der Waals surface area contributed by atoms with Crippen LogP contribution < -0.4 is 4.18 Å². The summed E-state index contributed by atoms with van der Waals surface area (Å²) in [5.74, 6) is -0.378. The van der Waals surface area contributed by atoms with Gasteiger partial charge in [0.2, 0.25) is 0 Å². The van der Waals surface area contributed by atoms with E-state index in [4.69, 9.17) is 11.6 Å². The highest BCUT2D eigenvalue weighted by molar-refractivity contribution is 7.88. The van der Waals surface area contributed by atoms with Gasteiger partial charge in [0, 0.05) is 27.7 Å². The zero-order chi connectivity index (χ0) is 22.2. The fraction of sp³-hybridized carbons (Fsp3) is 0.0476. The third-order valence-corrected chi connectivity index (χ3v) is 5.64. The maximum absolute atomic E-state index is 13.0. The Morgan fingerprint density at radius 1 is 0.903 bits per heavy atom. The van der Waals surface area contributed by atoms with E-state index >= 15 is 0 Å². The predicted octanol–water partition coefficient (Wildman–Crippen LogP) is 5.85. The van der Waals surface area contributed by atoms with Crippen molar-refractivity contribution in [2.24, 2.45) is 0 Å².